The molecule has 0 bridgehead atoms. The van der Waals surface area contributed by atoms with E-state index in [1.165, 1.54) is 4.90 Å². The summed E-state index contributed by atoms with van der Waals surface area (Å²) in [7, 11) is 1.62. The van der Waals surface area contributed by atoms with Crippen LogP contribution in [0.25, 0.3) is 11.8 Å². The standard InChI is InChI=1S/C18H14BrNO4/c1-20-15-7-4-12(10-17(21)22)8-14(15)16(24-18(20)23)9-11-2-5-13(19)6-3-11/h2-9H,10H2,1H3,(H,21,22)/b16-9-. The van der Waals surface area contributed by atoms with Gasteiger partial charge in [-0.2, -0.15) is 0 Å². The summed E-state index contributed by atoms with van der Waals surface area (Å²) >= 11 is 3.38. The van der Waals surface area contributed by atoms with E-state index in [0.717, 1.165) is 10.0 Å². The van der Waals surface area contributed by atoms with Gasteiger partial charge in [0.2, 0.25) is 0 Å². The number of benzene rings is 2. The Morgan fingerprint density at radius 2 is 1.96 bits per heavy atom. The van der Waals surface area contributed by atoms with E-state index in [-0.39, 0.29) is 6.42 Å². The van der Waals surface area contributed by atoms with Crippen molar-refractivity contribution in [3.8, 4) is 0 Å². The third-order valence-electron chi connectivity index (χ3n) is 3.68. The molecule has 3 rings (SSSR count). The molecule has 1 amide bonds. The van der Waals surface area contributed by atoms with Gasteiger partial charge in [0.05, 0.1) is 12.1 Å². The Balaban J connectivity index is 2.08. The molecule has 1 aliphatic heterocycles. The first-order valence-corrected chi connectivity index (χ1v) is 8.01. The molecule has 1 N–H and O–H groups in total. The van der Waals surface area contributed by atoms with Crippen molar-refractivity contribution < 1.29 is 19.4 Å². The molecular formula is C18H14BrNO4. The number of carboxylic acids is 1. The predicted molar refractivity (Wildman–Crippen MR) is 94.7 cm³/mol. The average Bonchev–Trinajstić information content (AvgIpc) is 2.54. The molecule has 24 heavy (non-hydrogen) atoms. The Hall–Kier alpha value is -2.60. The van der Waals surface area contributed by atoms with Crippen LogP contribution in [0.15, 0.2) is 46.9 Å². The Morgan fingerprint density at radius 3 is 2.62 bits per heavy atom. The van der Waals surface area contributed by atoms with E-state index in [9.17, 15) is 9.59 Å². The van der Waals surface area contributed by atoms with E-state index in [2.05, 4.69) is 15.9 Å². The molecule has 0 unspecified atom stereocenters. The van der Waals surface area contributed by atoms with Gasteiger partial charge in [0.25, 0.3) is 0 Å². The molecule has 0 spiro atoms. The van der Waals surface area contributed by atoms with Gasteiger partial charge in [-0.25, -0.2) is 4.79 Å². The van der Waals surface area contributed by atoms with Crippen molar-refractivity contribution >= 4 is 45.5 Å². The Bertz CT molecular complexity index is 843. The van der Waals surface area contributed by atoms with Crippen LogP contribution in [0, 0.1) is 0 Å². The first-order valence-electron chi connectivity index (χ1n) is 7.22. The third-order valence-corrected chi connectivity index (χ3v) is 4.21. The van der Waals surface area contributed by atoms with Crippen LogP contribution in [0.3, 0.4) is 0 Å². The molecule has 0 radical (unpaired) electrons. The van der Waals surface area contributed by atoms with Crippen LogP contribution in [-0.4, -0.2) is 24.2 Å². The number of fused-ring (bicyclic) bond motifs is 1. The highest BCUT2D eigenvalue weighted by Gasteiger charge is 2.27. The zero-order valence-electron chi connectivity index (χ0n) is 12.8. The lowest BCUT2D eigenvalue weighted by molar-refractivity contribution is -0.136. The van der Waals surface area contributed by atoms with Crippen LogP contribution in [0.4, 0.5) is 10.5 Å². The fraction of sp³-hybridized carbons (Fsp3) is 0.111. The van der Waals surface area contributed by atoms with Gasteiger partial charge in [-0.05, 0) is 41.5 Å². The van der Waals surface area contributed by atoms with Crippen molar-refractivity contribution in [1.29, 1.82) is 0 Å². The van der Waals surface area contributed by atoms with E-state index in [1.807, 2.05) is 24.3 Å². The lowest BCUT2D eigenvalue weighted by Crippen LogP contribution is -2.31. The molecule has 122 valence electrons. The molecule has 0 fully saturated rings. The Labute approximate surface area is 147 Å². The Kier molecular flexibility index (Phi) is 4.40. The summed E-state index contributed by atoms with van der Waals surface area (Å²) in [5.74, 6) is -0.503. The van der Waals surface area contributed by atoms with Gasteiger partial charge < -0.3 is 9.84 Å². The summed E-state index contributed by atoms with van der Waals surface area (Å²) in [4.78, 5) is 24.4. The van der Waals surface area contributed by atoms with Crippen LogP contribution in [0.1, 0.15) is 16.7 Å². The number of hydrogen-bond donors (Lipinski definition) is 1. The fourth-order valence-corrected chi connectivity index (χ4v) is 2.76. The second-order valence-corrected chi connectivity index (χ2v) is 6.32. The number of halogens is 1. The van der Waals surface area contributed by atoms with Gasteiger partial charge in [0.1, 0.15) is 5.76 Å². The van der Waals surface area contributed by atoms with Crippen LogP contribution >= 0.6 is 15.9 Å². The zero-order chi connectivity index (χ0) is 17.3. The van der Waals surface area contributed by atoms with Crippen molar-refractivity contribution in [1.82, 2.24) is 0 Å². The maximum absolute atomic E-state index is 12.0. The van der Waals surface area contributed by atoms with Gasteiger partial charge in [-0.1, -0.05) is 34.1 Å². The number of carbonyl (C=O) groups excluding carboxylic acids is 1. The summed E-state index contributed by atoms with van der Waals surface area (Å²) in [5.41, 5.74) is 2.90. The van der Waals surface area contributed by atoms with E-state index >= 15 is 0 Å². The van der Waals surface area contributed by atoms with Crippen LogP contribution in [-0.2, 0) is 16.0 Å². The maximum atomic E-state index is 12.0. The van der Waals surface area contributed by atoms with E-state index < -0.39 is 12.1 Å². The number of nitrogens with zero attached hydrogens (tertiary/aromatic N) is 1. The number of aliphatic carboxylic acids is 1. The topological polar surface area (TPSA) is 66.8 Å². The number of hydrogen-bond acceptors (Lipinski definition) is 3. The molecule has 0 aliphatic carbocycles. The second-order valence-electron chi connectivity index (χ2n) is 5.41. The fourth-order valence-electron chi connectivity index (χ4n) is 2.49. The maximum Gasteiger partial charge on any atom is 0.419 e. The van der Waals surface area contributed by atoms with Crippen LogP contribution in [0.2, 0.25) is 0 Å². The average molecular weight is 388 g/mol. The minimum absolute atomic E-state index is 0.0868. The molecule has 0 saturated heterocycles. The molecule has 6 heteroatoms. The molecule has 0 aromatic heterocycles. The monoisotopic (exact) mass is 387 g/mol. The Morgan fingerprint density at radius 1 is 1.25 bits per heavy atom. The van der Waals surface area contributed by atoms with Crippen LogP contribution in [0.5, 0.6) is 0 Å². The highest BCUT2D eigenvalue weighted by molar-refractivity contribution is 9.10. The first kappa shape index (κ1) is 16.3. The van der Waals surface area contributed by atoms with Crippen molar-refractivity contribution in [2.75, 3.05) is 11.9 Å². The summed E-state index contributed by atoms with van der Waals surface area (Å²) < 4.78 is 6.36. The summed E-state index contributed by atoms with van der Waals surface area (Å²) in [6.07, 6.45) is 1.20. The number of cyclic esters (lactones) is 1. The number of carboxylic acid groups (broad SMARTS) is 1. The van der Waals surface area contributed by atoms with Gasteiger partial charge >= 0.3 is 12.1 Å². The van der Waals surface area contributed by atoms with Crippen molar-refractivity contribution in [2.24, 2.45) is 0 Å². The van der Waals surface area contributed by atoms with Gasteiger partial charge in [0.15, 0.2) is 0 Å². The molecule has 1 heterocycles. The lowest BCUT2D eigenvalue weighted by Gasteiger charge is -2.27. The van der Waals surface area contributed by atoms with Crippen molar-refractivity contribution in [3.63, 3.8) is 0 Å². The van der Waals surface area contributed by atoms with Gasteiger partial charge in [0, 0.05) is 17.1 Å². The number of rotatable bonds is 3. The molecule has 2 aromatic carbocycles. The highest BCUT2D eigenvalue weighted by atomic mass is 79.9. The molecule has 0 atom stereocenters. The minimum Gasteiger partial charge on any atom is -0.481 e. The summed E-state index contributed by atoms with van der Waals surface area (Å²) in [6.45, 7) is 0. The molecule has 5 nitrogen and oxygen atoms in total. The highest BCUT2D eigenvalue weighted by Crippen LogP contribution is 2.35. The van der Waals surface area contributed by atoms with Crippen LogP contribution < -0.4 is 4.90 Å². The summed E-state index contributed by atoms with van der Waals surface area (Å²) in [5, 5.41) is 8.98. The largest absolute Gasteiger partial charge is 0.481 e. The summed E-state index contributed by atoms with van der Waals surface area (Å²) in [6, 6.07) is 12.8. The molecule has 1 aliphatic rings. The smallest absolute Gasteiger partial charge is 0.419 e. The molecule has 0 saturated carbocycles. The van der Waals surface area contributed by atoms with E-state index in [4.69, 9.17) is 9.84 Å². The van der Waals surface area contributed by atoms with E-state index in [0.29, 0.717) is 22.6 Å². The quantitative estimate of drug-likeness (QED) is 0.858. The lowest BCUT2D eigenvalue weighted by atomic mass is 10.0. The number of amides is 1. The number of anilines is 1. The predicted octanol–water partition coefficient (Wildman–Crippen LogP) is 4.16. The normalized spacial score (nSPS) is 15.2. The van der Waals surface area contributed by atoms with E-state index in [1.54, 1.807) is 31.3 Å². The second kappa shape index (κ2) is 6.49. The minimum atomic E-state index is -0.908. The van der Waals surface area contributed by atoms with Gasteiger partial charge in [-0.3, -0.25) is 9.69 Å². The van der Waals surface area contributed by atoms with Gasteiger partial charge in [-0.15, -0.1) is 0 Å². The first-order chi connectivity index (χ1) is 11.4. The number of ether oxygens (including phenoxy) is 1. The number of carbonyl (C=O) groups is 2. The third kappa shape index (κ3) is 3.33. The molecule has 2 aromatic rings. The van der Waals surface area contributed by atoms with Crippen molar-refractivity contribution in [2.45, 2.75) is 6.42 Å². The zero-order valence-corrected chi connectivity index (χ0v) is 14.4. The SMILES string of the molecule is CN1C(=O)O/C(=C\c2ccc(Br)cc2)c2cc(CC(=O)O)ccc21. The molecular weight excluding hydrogens is 374 g/mol. The van der Waals surface area contributed by atoms with Crippen molar-refractivity contribution in [3.05, 3.63) is 63.6 Å².